The quantitative estimate of drug-likeness (QED) is 0.847. The van der Waals surface area contributed by atoms with E-state index in [-0.39, 0.29) is 18.0 Å². The van der Waals surface area contributed by atoms with E-state index in [1.54, 1.807) is 24.3 Å². The molecule has 0 saturated carbocycles. The van der Waals surface area contributed by atoms with Crippen molar-refractivity contribution in [3.05, 3.63) is 58.9 Å². The molecule has 0 aliphatic rings. The molecular weight excluding hydrogens is 267 g/mol. The zero-order valence-corrected chi connectivity index (χ0v) is 10.7. The van der Waals surface area contributed by atoms with Gasteiger partial charge in [0.2, 0.25) is 5.91 Å². The Hall–Kier alpha value is -2.07. The van der Waals surface area contributed by atoms with Crippen molar-refractivity contribution in [1.29, 1.82) is 0 Å². The Balaban J connectivity index is 2.07. The molecule has 0 aromatic heterocycles. The monoisotopic (exact) mass is 278 g/mol. The Labute approximate surface area is 115 Å². The molecule has 0 aliphatic heterocycles. The molecule has 1 amide bonds. The molecule has 3 N–H and O–H groups in total. The molecule has 0 atom stereocenters. The Morgan fingerprint density at radius 3 is 2.79 bits per heavy atom. The number of nitrogens with two attached hydrogens (primary N) is 1. The first kappa shape index (κ1) is 13.4. The first-order chi connectivity index (χ1) is 9.04. The molecule has 2 aromatic rings. The van der Waals surface area contributed by atoms with E-state index in [1.165, 1.54) is 18.2 Å². The van der Waals surface area contributed by atoms with Gasteiger partial charge in [0.15, 0.2) is 0 Å². The highest BCUT2D eigenvalue weighted by Crippen LogP contribution is 2.19. The van der Waals surface area contributed by atoms with Crippen LogP contribution >= 0.6 is 11.6 Å². The molecule has 98 valence electrons. The lowest BCUT2D eigenvalue weighted by atomic mass is 10.1. The largest absolute Gasteiger partial charge is 0.399 e. The third kappa shape index (κ3) is 3.69. The number of amides is 1. The Kier molecular flexibility index (Phi) is 4.02. The summed E-state index contributed by atoms with van der Waals surface area (Å²) in [6.45, 7) is 0. The second kappa shape index (κ2) is 5.71. The summed E-state index contributed by atoms with van der Waals surface area (Å²) in [5.74, 6) is -0.850. The third-order valence-electron chi connectivity index (χ3n) is 2.52. The van der Waals surface area contributed by atoms with Gasteiger partial charge < -0.3 is 11.1 Å². The van der Waals surface area contributed by atoms with Gasteiger partial charge >= 0.3 is 0 Å². The molecule has 0 spiro atoms. The maximum Gasteiger partial charge on any atom is 0.228 e. The number of nitrogen functional groups attached to an aromatic ring is 1. The van der Waals surface area contributed by atoms with Crippen molar-refractivity contribution in [2.24, 2.45) is 0 Å². The van der Waals surface area contributed by atoms with Crippen LogP contribution in [0, 0.1) is 5.82 Å². The summed E-state index contributed by atoms with van der Waals surface area (Å²) in [7, 11) is 0. The molecule has 0 bridgehead atoms. The van der Waals surface area contributed by atoms with Crippen LogP contribution in [0.25, 0.3) is 0 Å². The van der Waals surface area contributed by atoms with Crippen molar-refractivity contribution in [2.45, 2.75) is 6.42 Å². The Morgan fingerprint density at radius 2 is 2.05 bits per heavy atom. The van der Waals surface area contributed by atoms with Gasteiger partial charge in [0.05, 0.1) is 12.1 Å². The minimum atomic E-state index is -0.523. The average molecular weight is 279 g/mol. The van der Waals surface area contributed by atoms with Crippen molar-refractivity contribution >= 4 is 28.9 Å². The number of rotatable bonds is 3. The molecule has 0 aliphatic carbocycles. The lowest BCUT2D eigenvalue weighted by molar-refractivity contribution is -0.115. The van der Waals surface area contributed by atoms with Crippen molar-refractivity contribution in [3.8, 4) is 0 Å². The lowest BCUT2D eigenvalue weighted by Crippen LogP contribution is -2.15. The van der Waals surface area contributed by atoms with Crippen LogP contribution in [0.5, 0.6) is 0 Å². The van der Waals surface area contributed by atoms with Crippen molar-refractivity contribution in [2.75, 3.05) is 11.1 Å². The molecular formula is C14H12ClFN2O. The topological polar surface area (TPSA) is 55.1 Å². The second-order valence-corrected chi connectivity index (χ2v) is 4.53. The maximum atomic E-state index is 13.4. The van der Waals surface area contributed by atoms with Crippen LogP contribution in [0.1, 0.15) is 5.56 Å². The average Bonchev–Trinajstić information content (AvgIpc) is 2.34. The summed E-state index contributed by atoms with van der Waals surface area (Å²) < 4.78 is 13.4. The van der Waals surface area contributed by atoms with Crippen LogP contribution in [-0.2, 0) is 11.2 Å². The molecule has 2 rings (SSSR count). The van der Waals surface area contributed by atoms with Gasteiger partial charge in [-0.05, 0) is 35.9 Å². The Morgan fingerprint density at radius 1 is 1.26 bits per heavy atom. The predicted octanol–water partition coefficient (Wildman–Crippen LogP) is 3.24. The van der Waals surface area contributed by atoms with Gasteiger partial charge in [-0.2, -0.15) is 0 Å². The van der Waals surface area contributed by atoms with Gasteiger partial charge in [-0.1, -0.05) is 23.7 Å². The molecule has 5 heteroatoms. The van der Waals surface area contributed by atoms with Gasteiger partial charge in [-0.25, -0.2) is 4.39 Å². The maximum absolute atomic E-state index is 13.4. The molecule has 3 nitrogen and oxygen atoms in total. The van der Waals surface area contributed by atoms with E-state index < -0.39 is 5.82 Å². The summed E-state index contributed by atoms with van der Waals surface area (Å²) in [6, 6.07) is 11.0. The summed E-state index contributed by atoms with van der Waals surface area (Å²) in [5, 5.41) is 2.84. The summed E-state index contributed by atoms with van der Waals surface area (Å²) in [6.07, 6.45) is 0.122. The summed E-state index contributed by atoms with van der Waals surface area (Å²) >= 11 is 5.75. The highest BCUT2D eigenvalue weighted by molar-refractivity contribution is 6.30. The third-order valence-corrected chi connectivity index (χ3v) is 2.75. The molecule has 0 heterocycles. The SMILES string of the molecule is Nc1cccc(CC(=O)Nc2cc(Cl)ccc2F)c1. The van der Waals surface area contributed by atoms with E-state index >= 15 is 0 Å². The van der Waals surface area contributed by atoms with Crippen LogP contribution in [0.15, 0.2) is 42.5 Å². The van der Waals surface area contributed by atoms with Crippen molar-refractivity contribution < 1.29 is 9.18 Å². The minimum Gasteiger partial charge on any atom is -0.399 e. The fraction of sp³-hybridized carbons (Fsp3) is 0.0714. The predicted molar refractivity (Wildman–Crippen MR) is 74.6 cm³/mol. The molecule has 0 radical (unpaired) electrons. The smallest absolute Gasteiger partial charge is 0.228 e. The van der Waals surface area contributed by atoms with Gasteiger partial charge in [-0.3, -0.25) is 4.79 Å². The van der Waals surface area contributed by atoms with E-state index in [0.717, 1.165) is 5.56 Å². The van der Waals surface area contributed by atoms with Gasteiger partial charge in [0.1, 0.15) is 5.82 Å². The Bertz CT molecular complexity index is 616. The van der Waals surface area contributed by atoms with E-state index in [2.05, 4.69) is 5.32 Å². The number of carbonyl (C=O) groups excluding carboxylic acids is 1. The van der Waals surface area contributed by atoms with E-state index in [0.29, 0.717) is 10.7 Å². The van der Waals surface area contributed by atoms with Crippen molar-refractivity contribution in [3.63, 3.8) is 0 Å². The van der Waals surface area contributed by atoms with Gasteiger partial charge in [0, 0.05) is 10.7 Å². The summed E-state index contributed by atoms with van der Waals surface area (Å²) in [4.78, 5) is 11.8. The zero-order valence-electron chi connectivity index (χ0n) is 9.99. The van der Waals surface area contributed by atoms with Crippen LogP contribution < -0.4 is 11.1 Å². The number of halogens is 2. The number of hydrogen-bond donors (Lipinski definition) is 2. The lowest BCUT2D eigenvalue weighted by Gasteiger charge is -2.07. The van der Waals surface area contributed by atoms with Crippen LogP contribution in [-0.4, -0.2) is 5.91 Å². The summed E-state index contributed by atoms with van der Waals surface area (Å²) in [5.41, 5.74) is 7.04. The fourth-order valence-corrected chi connectivity index (χ4v) is 1.85. The van der Waals surface area contributed by atoms with Crippen LogP contribution in [0.3, 0.4) is 0 Å². The van der Waals surface area contributed by atoms with Gasteiger partial charge in [0.25, 0.3) is 0 Å². The van der Waals surface area contributed by atoms with E-state index in [1.807, 2.05) is 0 Å². The molecule has 0 saturated heterocycles. The van der Waals surface area contributed by atoms with Crippen LogP contribution in [0.4, 0.5) is 15.8 Å². The first-order valence-electron chi connectivity index (χ1n) is 5.64. The highest BCUT2D eigenvalue weighted by atomic mass is 35.5. The molecule has 0 unspecified atom stereocenters. The minimum absolute atomic E-state index is 0.0707. The van der Waals surface area contributed by atoms with E-state index in [9.17, 15) is 9.18 Å². The zero-order chi connectivity index (χ0) is 13.8. The number of carbonyl (C=O) groups is 1. The standard InChI is InChI=1S/C14H12ClFN2O/c15-10-4-5-12(16)13(8-10)18-14(19)7-9-2-1-3-11(17)6-9/h1-6,8H,7,17H2,(H,18,19). The number of nitrogens with one attached hydrogen (secondary N) is 1. The molecule has 19 heavy (non-hydrogen) atoms. The fourth-order valence-electron chi connectivity index (χ4n) is 1.68. The number of benzene rings is 2. The van der Waals surface area contributed by atoms with E-state index in [4.69, 9.17) is 17.3 Å². The number of anilines is 2. The second-order valence-electron chi connectivity index (χ2n) is 4.09. The van der Waals surface area contributed by atoms with Crippen molar-refractivity contribution in [1.82, 2.24) is 0 Å². The van der Waals surface area contributed by atoms with Gasteiger partial charge in [-0.15, -0.1) is 0 Å². The number of hydrogen-bond acceptors (Lipinski definition) is 2. The molecule has 2 aromatic carbocycles. The van der Waals surface area contributed by atoms with Crippen LogP contribution in [0.2, 0.25) is 5.02 Å². The highest BCUT2D eigenvalue weighted by Gasteiger charge is 2.08. The first-order valence-corrected chi connectivity index (χ1v) is 6.02. The molecule has 0 fully saturated rings. The normalized spacial score (nSPS) is 10.2.